The maximum absolute atomic E-state index is 12.1. The van der Waals surface area contributed by atoms with Crippen molar-refractivity contribution in [3.05, 3.63) is 29.8 Å². The van der Waals surface area contributed by atoms with E-state index < -0.39 is 5.54 Å². The molecule has 0 aromatic heterocycles. The van der Waals surface area contributed by atoms with Gasteiger partial charge in [-0.25, -0.2) is 0 Å². The minimum atomic E-state index is -0.734. The zero-order valence-corrected chi connectivity index (χ0v) is 9.78. The molecule has 1 aliphatic rings. The monoisotopic (exact) mass is 234 g/mol. The van der Waals surface area contributed by atoms with Crippen LogP contribution in [-0.4, -0.2) is 16.6 Å². The van der Waals surface area contributed by atoms with Crippen molar-refractivity contribution in [1.29, 1.82) is 0 Å². The van der Waals surface area contributed by atoms with E-state index in [4.69, 9.17) is 5.73 Å². The summed E-state index contributed by atoms with van der Waals surface area (Å²) >= 11 is 0. The molecule has 4 nitrogen and oxygen atoms in total. The summed E-state index contributed by atoms with van der Waals surface area (Å²) < 4.78 is 0. The number of hydrogen-bond acceptors (Lipinski definition) is 3. The number of amides is 1. The predicted octanol–water partition coefficient (Wildman–Crippen LogP) is 1.39. The van der Waals surface area contributed by atoms with Gasteiger partial charge in [-0.2, -0.15) is 0 Å². The molecule has 1 aliphatic carbocycles. The Morgan fingerprint density at radius 3 is 2.65 bits per heavy atom. The second-order valence-corrected chi connectivity index (χ2v) is 4.63. The van der Waals surface area contributed by atoms with Crippen LogP contribution in [0.5, 0.6) is 0 Å². The lowest BCUT2D eigenvalue weighted by atomic mass is 9.98. The molecular weight excluding hydrogens is 216 g/mol. The molecule has 0 heterocycles. The Hall–Kier alpha value is -1.39. The fourth-order valence-electron chi connectivity index (χ4n) is 2.26. The second-order valence-electron chi connectivity index (χ2n) is 4.63. The third kappa shape index (κ3) is 2.48. The molecule has 0 spiro atoms. The van der Waals surface area contributed by atoms with E-state index in [0.717, 1.165) is 25.7 Å². The van der Waals surface area contributed by atoms with Crippen molar-refractivity contribution < 1.29 is 9.90 Å². The number of hydrogen-bond donors (Lipinski definition) is 3. The molecule has 0 radical (unpaired) electrons. The van der Waals surface area contributed by atoms with Crippen LogP contribution in [0.25, 0.3) is 0 Å². The number of para-hydroxylation sites is 1. The first-order chi connectivity index (χ1) is 8.15. The normalized spacial score (nSPS) is 18.0. The fraction of sp³-hybridized carbons (Fsp3) is 0.462. The van der Waals surface area contributed by atoms with Gasteiger partial charge in [0.1, 0.15) is 0 Å². The Labute approximate surface area is 101 Å². The highest BCUT2D eigenvalue weighted by Crippen LogP contribution is 2.28. The highest BCUT2D eigenvalue weighted by molar-refractivity contribution is 5.98. The van der Waals surface area contributed by atoms with E-state index in [0.29, 0.717) is 11.3 Å². The van der Waals surface area contributed by atoms with E-state index >= 15 is 0 Å². The Kier molecular flexibility index (Phi) is 3.45. The first kappa shape index (κ1) is 12.1. The summed E-state index contributed by atoms with van der Waals surface area (Å²) in [6.45, 7) is -0.0893. The van der Waals surface area contributed by atoms with Crippen LogP contribution in [-0.2, 0) is 11.4 Å². The number of nitrogens with one attached hydrogen (secondary N) is 1. The number of benzene rings is 1. The Morgan fingerprint density at radius 2 is 2.00 bits per heavy atom. The van der Waals surface area contributed by atoms with Gasteiger partial charge in [-0.1, -0.05) is 31.0 Å². The molecule has 0 atom stereocenters. The molecule has 1 aromatic rings. The van der Waals surface area contributed by atoms with E-state index in [1.807, 2.05) is 12.1 Å². The van der Waals surface area contributed by atoms with Crippen LogP contribution in [0.2, 0.25) is 0 Å². The summed E-state index contributed by atoms with van der Waals surface area (Å²) in [6.07, 6.45) is 3.48. The van der Waals surface area contributed by atoms with Crippen molar-refractivity contribution >= 4 is 11.6 Å². The van der Waals surface area contributed by atoms with E-state index in [2.05, 4.69) is 5.32 Å². The highest BCUT2D eigenvalue weighted by atomic mass is 16.3. The van der Waals surface area contributed by atoms with Crippen molar-refractivity contribution in [1.82, 2.24) is 0 Å². The summed E-state index contributed by atoms with van der Waals surface area (Å²) in [6, 6.07) is 7.22. The van der Waals surface area contributed by atoms with E-state index in [9.17, 15) is 9.90 Å². The third-order valence-corrected chi connectivity index (χ3v) is 3.38. The maximum atomic E-state index is 12.1. The van der Waals surface area contributed by atoms with Crippen molar-refractivity contribution in [3.63, 3.8) is 0 Å². The average Bonchev–Trinajstić information content (AvgIpc) is 2.78. The first-order valence-electron chi connectivity index (χ1n) is 5.95. The molecule has 0 aliphatic heterocycles. The molecule has 17 heavy (non-hydrogen) atoms. The summed E-state index contributed by atoms with van der Waals surface area (Å²) in [5, 5.41) is 12.0. The summed E-state index contributed by atoms with van der Waals surface area (Å²) in [5.74, 6) is -0.143. The molecule has 1 aromatic carbocycles. The van der Waals surface area contributed by atoms with Crippen molar-refractivity contribution in [2.45, 2.75) is 37.8 Å². The van der Waals surface area contributed by atoms with Crippen LogP contribution in [0, 0.1) is 0 Å². The second kappa shape index (κ2) is 4.85. The van der Waals surface area contributed by atoms with Crippen LogP contribution < -0.4 is 11.1 Å². The average molecular weight is 234 g/mol. The lowest BCUT2D eigenvalue weighted by molar-refractivity contribution is -0.121. The third-order valence-electron chi connectivity index (χ3n) is 3.38. The number of nitrogens with two attached hydrogens (primary N) is 1. The molecule has 0 unspecified atom stereocenters. The van der Waals surface area contributed by atoms with Gasteiger partial charge >= 0.3 is 0 Å². The van der Waals surface area contributed by atoms with Gasteiger partial charge in [-0.15, -0.1) is 0 Å². The smallest absolute Gasteiger partial charge is 0.244 e. The molecule has 2 rings (SSSR count). The van der Waals surface area contributed by atoms with Gasteiger partial charge in [0.05, 0.1) is 12.1 Å². The highest BCUT2D eigenvalue weighted by Gasteiger charge is 2.37. The molecule has 0 saturated heterocycles. The molecule has 4 heteroatoms. The van der Waals surface area contributed by atoms with E-state index in [-0.39, 0.29) is 12.5 Å². The number of aliphatic hydroxyl groups is 1. The molecule has 1 amide bonds. The number of rotatable bonds is 3. The Morgan fingerprint density at radius 1 is 1.35 bits per heavy atom. The van der Waals surface area contributed by atoms with Crippen LogP contribution in [0.4, 0.5) is 5.69 Å². The van der Waals surface area contributed by atoms with Crippen LogP contribution in [0.15, 0.2) is 24.3 Å². The number of anilines is 1. The number of carbonyl (C=O) groups excluding carboxylic acids is 1. The van der Waals surface area contributed by atoms with Gasteiger partial charge < -0.3 is 16.2 Å². The van der Waals surface area contributed by atoms with Crippen molar-refractivity contribution in [3.8, 4) is 0 Å². The summed E-state index contributed by atoms with van der Waals surface area (Å²) in [7, 11) is 0. The number of carbonyl (C=O) groups is 1. The zero-order chi connectivity index (χ0) is 12.3. The van der Waals surface area contributed by atoms with Crippen molar-refractivity contribution in [2.75, 3.05) is 5.32 Å². The largest absolute Gasteiger partial charge is 0.392 e. The maximum Gasteiger partial charge on any atom is 0.244 e. The van der Waals surface area contributed by atoms with Crippen LogP contribution in [0.3, 0.4) is 0 Å². The van der Waals surface area contributed by atoms with Gasteiger partial charge in [-0.05, 0) is 18.9 Å². The topological polar surface area (TPSA) is 75.4 Å². The first-order valence-corrected chi connectivity index (χ1v) is 5.95. The SMILES string of the molecule is NC1(C(=O)Nc2ccccc2CO)CCCC1. The standard InChI is InChI=1S/C13H18N2O2/c14-13(7-3-4-8-13)12(17)15-11-6-2-1-5-10(11)9-16/h1-2,5-6,16H,3-4,7-9,14H2,(H,15,17). The van der Waals surface area contributed by atoms with E-state index in [1.54, 1.807) is 12.1 Å². The molecular formula is C13H18N2O2. The van der Waals surface area contributed by atoms with Crippen molar-refractivity contribution in [2.24, 2.45) is 5.73 Å². The lowest BCUT2D eigenvalue weighted by Gasteiger charge is -2.23. The minimum Gasteiger partial charge on any atom is -0.392 e. The van der Waals surface area contributed by atoms with Crippen LogP contribution in [0.1, 0.15) is 31.2 Å². The fourth-order valence-corrected chi connectivity index (χ4v) is 2.26. The van der Waals surface area contributed by atoms with Gasteiger partial charge in [-0.3, -0.25) is 4.79 Å². The Bertz CT molecular complexity index is 412. The lowest BCUT2D eigenvalue weighted by Crippen LogP contribution is -2.48. The minimum absolute atomic E-state index is 0.0893. The van der Waals surface area contributed by atoms with Gasteiger partial charge in [0.15, 0.2) is 0 Å². The molecule has 1 saturated carbocycles. The molecule has 1 fully saturated rings. The zero-order valence-electron chi connectivity index (χ0n) is 9.78. The van der Waals surface area contributed by atoms with Gasteiger partial charge in [0.25, 0.3) is 0 Å². The van der Waals surface area contributed by atoms with Gasteiger partial charge in [0, 0.05) is 11.3 Å². The molecule has 92 valence electrons. The molecule has 0 bridgehead atoms. The van der Waals surface area contributed by atoms with Crippen LogP contribution >= 0.6 is 0 Å². The molecule has 4 N–H and O–H groups in total. The number of aliphatic hydroxyl groups excluding tert-OH is 1. The summed E-state index contributed by atoms with van der Waals surface area (Å²) in [5.41, 5.74) is 6.69. The Balaban J connectivity index is 2.12. The predicted molar refractivity (Wildman–Crippen MR) is 66.4 cm³/mol. The quantitative estimate of drug-likeness (QED) is 0.739. The van der Waals surface area contributed by atoms with Gasteiger partial charge in [0.2, 0.25) is 5.91 Å². The summed E-state index contributed by atoms with van der Waals surface area (Å²) in [4.78, 5) is 12.1. The van der Waals surface area contributed by atoms with E-state index in [1.165, 1.54) is 0 Å².